The fourth-order valence-electron chi connectivity index (χ4n) is 5.78. The normalized spacial score (nSPS) is 22.1. The summed E-state index contributed by atoms with van der Waals surface area (Å²) < 4.78 is 12.7. The number of ether oxygens (including phenoxy) is 2. The van der Waals surface area contributed by atoms with Gasteiger partial charge in [-0.25, -0.2) is 4.79 Å². The molecule has 2 unspecified atom stereocenters. The van der Waals surface area contributed by atoms with Crippen molar-refractivity contribution in [1.29, 1.82) is 0 Å². The minimum Gasteiger partial charge on any atom is -0.465 e. The van der Waals surface area contributed by atoms with E-state index in [1.807, 2.05) is 28.9 Å². The first-order valence-corrected chi connectivity index (χ1v) is 12.0. The summed E-state index contributed by atoms with van der Waals surface area (Å²) in [6, 6.07) is 10.2. The van der Waals surface area contributed by atoms with Crippen molar-refractivity contribution in [2.75, 3.05) is 26.2 Å². The zero-order valence-electron chi connectivity index (χ0n) is 20.3. The van der Waals surface area contributed by atoms with E-state index in [9.17, 15) is 9.90 Å². The maximum absolute atomic E-state index is 11.7. The molecule has 2 fully saturated rings. The van der Waals surface area contributed by atoms with Crippen molar-refractivity contribution in [2.24, 2.45) is 0 Å². The topological polar surface area (TPSA) is 129 Å². The highest BCUT2D eigenvalue weighted by Gasteiger charge is 2.44. The van der Waals surface area contributed by atoms with Crippen molar-refractivity contribution in [2.45, 2.75) is 63.1 Å². The molecule has 2 bridgehead atoms. The molecule has 0 saturated carbocycles. The Morgan fingerprint density at radius 2 is 1.89 bits per heavy atom. The fraction of sp³-hybridized carbons (Fsp3) is 0.520. The predicted octanol–water partition coefficient (Wildman–Crippen LogP) is 3.82. The SMILES string of the molecule is COCOCC(C)(C)c1ccccc1-c1cc2c(nn1)c(N)nn2C1CC2CCC(C1)N2C(=O)O. The Labute approximate surface area is 204 Å². The molecule has 3 N–H and O–H groups in total. The van der Waals surface area contributed by atoms with Crippen molar-refractivity contribution in [1.82, 2.24) is 24.9 Å². The van der Waals surface area contributed by atoms with Gasteiger partial charge in [-0.15, -0.1) is 10.2 Å². The Kier molecular flexibility index (Phi) is 6.10. The number of nitrogens with zero attached hydrogens (tertiary/aromatic N) is 5. The third-order valence-corrected chi connectivity index (χ3v) is 7.35. The van der Waals surface area contributed by atoms with E-state index in [4.69, 9.17) is 15.2 Å². The first kappa shape index (κ1) is 23.5. The van der Waals surface area contributed by atoms with Crippen LogP contribution in [0.5, 0.6) is 0 Å². The molecular formula is C25H32N6O4. The van der Waals surface area contributed by atoms with Gasteiger partial charge in [-0.2, -0.15) is 5.10 Å². The number of carbonyl (C=O) groups is 1. The van der Waals surface area contributed by atoms with Gasteiger partial charge in [0.1, 0.15) is 6.79 Å². The number of fused-ring (bicyclic) bond motifs is 3. The van der Waals surface area contributed by atoms with Gasteiger partial charge in [-0.1, -0.05) is 38.1 Å². The number of benzene rings is 1. The number of nitrogens with two attached hydrogens (primary N) is 1. The van der Waals surface area contributed by atoms with Crippen molar-refractivity contribution >= 4 is 22.9 Å². The molecule has 2 aliphatic heterocycles. The Bertz CT molecular complexity index is 1230. The van der Waals surface area contributed by atoms with Crippen LogP contribution in [0.3, 0.4) is 0 Å². The third-order valence-electron chi connectivity index (χ3n) is 7.35. The molecule has 10 nitrogen and oxygen atoms in total. The lowest BCUT2D eigenvalue weighted by molar-refractivity contribution is -0.0452. The van der Waals surface area contributed by atoms with Gasteiger partial charge >= 0.3 is 6.09 Å². The largest absolute Gasteiger partial charge is 0.465 e. The number of carboxylic acid groups (broad SMARTS) is 1. The molecule has 5 rings (SSSR count). The van der Waals surface area contributed by atoms with Gasteiger partial charge in [0.25, 0.3) is 0 Å². The highest BCUT2D eigenvalue weighted by Crippen LogP contribution is 2.42. The van der Waals surface area contributed by atoms with Crippen LogP contribution in [0.25, 0.3) is 22.3 Å². The molecule has 3 aromatic rings. The lowest BCUT2D eigenvalue weighted by Gasteiger charge is -2.37. The average Bonchev–Trinajstić information content (AvgIpc) is 3.32. The molecule has 0 radical (unpaired) electrons. The monoisotopic (exact) mass is 480 g/mol. The van der Waals surface area contributed by atoms with Gasteiger partial charge in [0.2, 0.25) is 0 Å². The number of hydrogen-bond acceptors (Lipinski definition) is 7. The summed E-state index contributed by atoms with van der Waals surface area (Å²) >= 11 is 0. The molecule has 2 atom stereocenters. The smallest absolute Gasteiger partial charge is 0.407 e. The van der Waals surface area contributed by atoms with E-state index in [0.717, 1.165) is 48.0 Å². The summed E-state index contributed by atoms with van der Waals surface area (Å²) in [5.74, 6) is 0.341. The van der Waals surface area contributed by atoms with E-state index < -0.39 is 6.09 Å². The summed E-state index contributed by atoms with van der Waals surface area (Å²) in [7, 11) is 1.61. The Morgan fingerprint density at radius 1 is 1.17 bits per heavy atom. The predicted molar refractivity (Wildman–Crippen MR) is 131 cm³/mol. The molecule has 186 valence electrons. The maximum atomic E-state index is 11.7. The zero-order chi connectivity index (χ0) is 24.7. The standard InChI is InChI=1S/C25H32N6O4/c1-25(2,13-35-14-34-3)19-7-5-4-6-18(19)20-12-21-22(28-27-20)23(26)29-31(21)17-10-15-8-9-16(11-17)30(15)24(32)33/h4-7,12,15-17H,8-11,13-14H2,1-3H3,(H2,26,29)(H,32,33). The molecular weight excluding hydrogens is 448 g/mol. The second-order valence-corrected chi connectivity index (χ2v) is 10.2. The lowest BCUT2D eigenvalue weighted by Crippen LogP contribution is -2.46. The first-order valence-electron chi connectivity index (χ1n) is 12.0. The Morgan fingerprint density at radius 3 is 2.57 bits per heavy atom. The fourth-order valence-corrected chi connectivity index (χ4v) is 5.78. The van der Waals surface area contributed by atoms with Gasteiger partial charge in [0, 0.05) is 30.2 Å². The summed E-state index contributed by atoms with van der Waals surface area (Å²) in [5, 5.41) is 23.2. The van der Waals surface area contributed by atoms with Crippen LogP contribution in [0.1, 0.15) is 51.1 Å². The number of methoxy groups -OCH3 is 1. The van der Waals surface area contributed by atoms with Crippen molar-refractivity contribution in [3.63, 3.8) is 0 Å². The first-order chi connectivity index (χ1) is 16.8. The highest BCUT2D eigenvalue weighted by molar-refractivity contribution is 5.87. The Balaban J connectivity index is 1.51. The van der Waals surface area contributed by atoms with E-state index in [-0.39, 0.29) is 30.3 Å². The number of nitrogen functional groups attached to an aromatic ring is 1. The van der Waals surface area contributed by atoms with Gasteiger partial charge in [0.05, 0.1) is 23.9 Å². The van der Waals surface area contributed by atoms with Crippen LogP contribution in [0.15, 0.2) is 30.3 Å². The van der Waals surface area contributed by atoms with Crippen molar-refractivity contribution < 1.29 is 19.4 Å². The lowest BCUT2D eigenvalue weighted by atomic mass is 9.81. The number of rotatable bonds is 7. The van der Waals surface area contributed by atoms with Crippen LogP contribution in [0.2, 0.25) is 0 Å². The van der Waals surface area contributed by atoms with E-state index in [1.165, 1.54) is 0 Å². The molecule has 35 heavy (non-hydrogen) atoms. The average molecular weight is 481 g/mol. The molecule has 0 aliphatic carbocycles. The van der Waals surface area contributed by atoms with Crippen LogP contribution in [-0.4, -0.2) is 68.7 Å². The van der Waals surface area contributed by atoms with E-state index >= 15 is 0 Å². The summed E-state index contributed by atoms with van der Waals surface area (Å²) in [6.45, 7) is 4.98. The number of anilines is 1. The molecule has 0 spiro atoms. The van der Waals surface area contributed by atoms with Crippen LogP contribution < -0.4 is 5.73 Å². The second kappa shape index (κ2) is 9.09. The third kappa shape index (κ3) is 4.21. The van der Waals surface area contributed by atoms with Gasteiger partial charge in [-0.3, -0.25) is 4.68 Å². The summed E-state index contributed by atoms with van der Waals surface area (Å²) in [5.41, 5.74) is 10.1. The van der Waals surface area contributed by atoms with Crippen molar-refractivity contribution in [3.8, 4) is 11.3 Å². The van der Waals surface area contributed by atoms with Crippen molar-refractivity contribution in [3.05, 3.63) is 35.9 Å². The molecule has 1 amide bonds. The van der Waals surface area contributed by atoms with E-state index in [1.54, 1.807) is 12.0 Å². The molecule has 2 aromatic heterocycles. The van der Waals surface area contributed by atoms with Crippen LogP contribution in [0.4, 0.5) is 10.6 Å². The van der Waals surface area contributed by atoms with Crippen LogP contribution in [0, 0.1) is 0 Å². The zero-order valence-corrected chi connectivity index (χ0v) is 20.3. The molecule has 1 aromatic carbocycles. The molecule has 2 saturated heterocycles. The summed E-state index contributed by atoms with van der Waals surface area (Å²) in [4.78, 5) is 13.3. The number of hydrogen-bond donors (Lipinski definition) is 2. The van der Waals surface area contributed by atoms with Gasteiger partial charge in [-0.05, 0) is 37.3 Å². The molecule has 4 heterocycles. The molecule has 10 heteroatoms. The van der Waals surface area contributed by atoms with Gasteiger partial charge in [0.15, 0.2) is 11.3 Å². The quantitative estimate of drug-likeness (QED) is 0.386. The number of amides is 1. The van der Waals surface area contributed by atoms with E-state index in [0.29, 0.717) is 17.9 Å². The van der Waals surface area contributed by atoms with E-state index in [2.05, 4.69) is 35.2 Å². The summed E-state index contributed by atoms with van der Waals surface area (Å²) in [6.07, 6.45) is 2.39. The highest BCUT2D eigenvalue weighted by atomic mass is 16.7. The Hall–Kier alpha value is -3.24. The second-order valence-electron chi connectivity index (χ2n) is 10.2. The maximum Gasteiger partial charge on any atom is 0.407 e. The number of piperidine rings is 1. The minimum atomic E-state index is -0.831. The molecule has 2 aliphatic rings. The van der Waals surface area contributed by atoms with Gasteiger partial charge < -0.3 is 25.2 Å². The number of aromatic nitrogens is 4. The minimum absolute atomic E-state index is 0.0135. The van der Waals surface area contributed by atoms with Crippen LogP contribution in [-0.2, 0) is 14.9 Å². The van der Waals surface area contributed by atoms with Crippen LogP contribution >= 0.6 is 0 Å².